The zero-order valence-electron chi connectivity index (χ0n) is 12.2. The number of thioether (sulfide) groups is 1. The van der Waals surface area contributed by atoms with Gasteiger partial charge in [-0.15, -0.1) is 21.5 Å². The van der Waals surface area contributed by atoms with Crippen molar-refractivity contribution in [3.63, 3.8) is 0 Å². The van der Waals surface area contributed by atoms with Crippen molar-refractivity contribution < 1.29 is 0 Å². The molecule has 0 unspecified atom stereocenters. The molecule has 0 radical (unpaired) electrons. The largest absolute Gasteiger partial charge is 0.277 e. The van der Waals surface area contributed by atoms with Crippen LogP contribution in [0.15, 0.2) is 58.2 Å². The van der Waals surface area contributed by atoms with Crippen molar-refractivity contribution in [3.05, 3.63) is 69.3 Å². The van der Waals surface area contributed by atoms with Gasteiger partial charge in [-0.2, -0.15) is 0 Å². The van der Waals surface area contributed by atoms with Crippen LogP contribution in [0.2, 0.25) is 5.02 Å². The number of benzene rings is 1. The van der Waals surface area contributed by atoms with Crippen molar-refractivity contribution in [3.8, 4) is 5.69 Å². The van der Waals surface area contributed by atoms with Crippen molar-refractivity contribution in [1.29, 1.82) is 0 Å². The van der Waals surface area contributed by atoms with Crippen molar-refractivity contribution in [2.24, 2.45) is 0 Å². The number of fused-ring (bicyclic) bond motifs is 1. The lowest BCUT2D eigenvalue weighted by atomic mass is 10.3. The molecule has 0 atom stereocenters. The van der Waals surface area contributed by atoms with Gasteiger partial charge in [-0.3, -0.25) is 13.8 Å². The summed E-state index contributed by atoms with van der Waals surface area (Å²) in [4.78, 5) is 17.2. The first-order valence-corrected chi connectivity index (χ1v) is 9.19. The molecule has 3 aromatic heterocycles. The van der Waals surface area contributed by atoms with Crippen LogP contribution in [0.25, 0.3) is 10.6 Å². The number of aromatic nitrogens is 5. The normalized spacial score (nSPS) is 11.2. The van der Waals surface area contributed by atoms with Gasteiger partial charge in [0.2, 0.25) is 0 Å². The van der Waals surface area contributed by atoms with E-state index in [4.69, 9.17) is 11.6 Å². The van der Waals surface area contributed by atoms with Crippen LogP contribution in [0.5, 0.6) is 0 Å². The average molecular weight is 376 g/mol. The summed E-state index contributed by atoms with van der Waals surface area (Å²) in [6, 6.07) is 9.01. The predicted molar refractivity (Wildman–Crippen MR) is 95.3 cm³/mol. The van der Waals surface area contributed by atoms with Gasteiger partial charge >= 0.3 is 0 Å². The molecule has 0 spiro atoms. The summed E-state index contributed by atoms with van der Waals surface area (Å²) >= 11 is 8.95. The third-order valence-corrected chi connectivity index (χ3v) is 5.28. The second kappa shape index (κ2) is 6.39. The smallest absolute Gasteiger partial charge is 0.258 e. The molecule has 0 saturated heterocycles. The van der Waals surface area contributed by atoms with Crippen molar-refractivity contribution in [2.75, 3.05) is 0 Å². The number of halogens is 1. The van der Waals surface area contributed by atoms with E-state index in [9.17, 15) is 4.79 Å². The monoisotopic (exact) mass is 375 g/mol. The van der Waals surface area contributed by atoms with Crippen LogP contribution in [0.4, 0.5) is 0 Å². The minimum atomic E-state index is -0.0758. The van der Waals surface area contributed by atoms with E-state index in [0.717, 1.165) is 5.69 Å². The van der Waals surface area contributed by atoms with E-state index in [1.165, 1.54) is 27.5 Å². The molecule has 0 amide bonds. The lowest BCUT2D eigenvalue weighted by Gasteiger charge is -2.06. The fraction of sp³-hybridized carbons (Fsp3) is 0.0667. The Kier molecular flexibility index (Phi) is 4.09. The number of hydrogen-bond acceptors (Lipinski definition) is 6. The predicted octanol–water partition coefficient (Wildman–Crippen LogP) is 3.28. The Morgan fingerprint density at radius 3 is 3.08 bits per heavy atom. The van der Waals surface area contributed by atoms with Gasteiger partial charge in [0.15, 0.2) is 10.1 Å². The molecule has 0 bridgehead atoms. The summed E-state index contributed by atoms with van der Waals surface area (Å²) in [6.45, 7) is 0. The van der Waals surface area contributed by atoms with Crippen LogP contribution in [0.3, 0.4) is 0 Å². The molecule has 0 aliphatic rings. The van der Waals surface area contributed by atoms with E-state index >= 15 is 0 Å². The molecule has 0 N–H and O–H groups in total. The number of rotatable bonds is 4. The fourth-order valence-corrected chi connectivity index (χ4v) is 3.97. The fourth-order valence-electron chi connectivity index (χ4n) is 2.23. The van der Waals surface area contributed by atoms with E-state index in [2.05, 4.69) is 15.2 Å². The molecule has 0 saturated carbocycles. The Morgan fingerprint density at radius 1 is 1.29 bits per heavy atom. The molecule has 24 heavy (non-hydrogen) atoms. The highest BCUT2D eigenvalue weighted by molar-refractivity contribution is 7.98. The molecule has 0 aliphatic heterocycles. The van der Waals surface area contributed by atoms with Gasteiger partial charge in [0.25, 0.3) is 5.56 Å². The van der Waals surface area contributed by atoms with E-state index in [0.29, 0.717) is 26.6 Å². The molecule has 3 heterocycles. The molecule has 9 heteroatoms. The second-order valence-corrected chi connectivity index (χ2v) is 7.15. The summed E-state index contributed by atoms with van der Waals surface area (Å²) in [5, 5.41) is 11.3. The highest BCUT2D eigenvalue weighted by Gasteiger charge is 2.10. The van der Waals surface area contributed by atoms with Gasteiger partial charge in [-0.25, -0.2) is 4.98 Å². The lowest BCUT2D eigenvalue weighted by Crippen LogP contribution is -2.12. The molecule has 4 rings (SSSR count). The topological polar surface area (TPSA) is 65.1 Å². The summed E-state index contributed by atoms with van der Waals surface area (Å²) in [7, 11) is 0. The van der Waals surface area contributed by atoms with E-state index in [1.54, 1.807) is 18.6 Å². The van der Waals surface area contributed by atoms with Gasteiger partial charge < -0.3 is 0 Å². The molecular weight excluding hydrogens is 366 g/mol. The van der Waals surface area contributed by atoms with Crippen LogP contribution >= 0.6 is 34.7 Å². The summed E-state index contributed by atoms with van der Waals surface area (Å²) in [5.41, 5.74) is 1.53. The molecule has 6 nitrogen and oxygen atoms in total. The highest BCUT2D eigenvalue weighted by atomic mass is 35.5. The van der Waals surface area contributed by atoms with Crippen LogP contribution in [-0.4, -0.2) is 24.1 Å². The summed E-state index contributed by atoms with van der Waals surface area (Å²) in [6.07, 6.45) is 3.36. The first-order chi connectivity index (χ1) is 11.7. The van der Waals surface area contributed by atoms with E-state index in [1.807, 2.05) is 34.2 Å². The number of nitrogens with zero attached hydrogens (tertiary/aromatic N) is 5. The Bertz CT molecular complexity index is 1070. The molecule has 0 fully saturated rings. The van der Waals surface area contributed by atoms with Crippen molar-refractivity contribution in [2.45, 2.75) is 10.9 Å². The maximum absolute atomic E-state index is 12.0. The minimum absolute atomic E-state index is 0.0758. The third kappa shape index (κ3) is 2.95. The first-order valence-electron chi connectivity index (χ1n) is 6.95. The lowest BCUT2D eigenvalue weighted by molar-refractivity contribution is 0.882. The van der Waals surface area contributed by atoms with Crippen LogP contribution in [0, 0.1) is 0 Å². The molecule has 0 aliphatic carbocycles. The Labute approximate surface area is 149 Å². The Morgan fingerprint density at radius 2 is 2.21 bits per heavy atom. The van der Waals surface area contributed by atoms with Crippen molar-refractivity contribution >= 4 is 39.7 Å². The first kappa shape index (κ1) is 15.4. The maximum atomic E-state index is 12.0. The summed E-state index contributed by atoms with van der Waals surface area (Å²) in [5.74, 6) is 0.531. The van der Waals surface area contributed by atoms with Gasteiger partial charge in [0.1, 0.15) is 6.33 Å². The van der Waals surface area contributed by atoms with Gasteiger partial charge in [0.05, 0.1) is 11.4 Å². The van der Waals surface area contributed by atoms with Gasteiger partial charge in [-0.1, -0.05) is 29.4 Å². The van der Waals surface area contributed by atoms with Gasteiger partial charge in [-0.05, 0) is 18.2 Å². The summed E-state index contributed by atoms with van der Waals surface area (Å²) < 4.78 is 3.39. The minimum Gasteiger partial charge on any atom is -0.277 e. The highest BCUT2D eigenvalue weighted by Crippen LogP contribution is 2.24. The second-order valence-electron chi connectivity index (χ2n) is 4.89. The standard InChI is InChI=1S/C15H10ClN5OS2/c16-10-2-1-3-12(6-10)21-9-17-19-15(21)24-8-11-7-13(22)20-4-5-23-14(20)18-11/h1-7,9H,8H2. The third-order valence-electron chi connectivity index (χ3n) is 3.31. The molecule has 1 aromatic carbocycles. The van der Waals surface area contributed by atoms with E-state index < -0.39 is 0 Å². The SMILES string of the molecule is O=c1cc(CSc2nncn2-c2cccc(Cl)c2)nc2sccn12. The van der Waals surface area contributed by atoms with Crippen LogP contribution in [-0.2, 0) is 5.75 Å². The zero-order valence-corrected chi connectivity index (χ0v) is 14.6. The van der Waals surface area contributed by atoms with Crippen LogP contribution < -0.4 is 5.56 Å². The maximum Gasteiger partial charge on any atom is 0.258 e. The Balaban J connectivity index is 1.60. The quantitative estimate of drug-likeness (QED) is 0.512. The number of hydrogen-bond donors (Lipinski definition) is 0. The average Bonchev–Trinajstić information content (AvgIpc) is 3.22. The Hall–Kier alpha value is -2.16. The van der Waals surface area contributed by atoms with Gasteiger partial charge in [0, 0.05) is 28.4 Å². The van der Waals surface area contributed by atoms with Crippen molar-refractivity contribution in [1.82, 2.24) is 24.1 Å². The van der Waals surface area contributed by atoms with Crippen LogP contribution in [0.1, 0.15) is 5.69 Å². The number of thiazole rings is 1. The zero-order chi connectivity index (χ0) is 16.5. The molecular formula is C15H10ClN5OS2. The molecule has 4 aromatic rings. The molecule has 120 valence electrons. The van der Waals surface area contributed by atoms with E-state index in [-0.39, 0.29) is 5.56 Å².